The number of benzene rings is 1. The molecule has 1 aliphatic rings. The number of halogens is 2. The lowest BCUT2D eigenvalue weighted by Gasteiger charge is -2.38. The monoisotopic (exact) mass is 216 g/mol. The molecule has 1 aliphatic heterocycles. The highest BCUT2D eigenvalue weighted by atomic mass is 35.5. The van der Waals surface area contributed by atoms with Crippen LogP contribution in [0.25, 0.3) is 0 Å². The summed E-state index contributed by atoms with van der Waals surface area (Å²) in [5, 5.41) is 0. The fourth-order valence-electron chi connectivity index (χ4n) is 1.39. The first kappa shape index (κ1) is 9.35. The standard InChI is InChI=1S/C10H10ClFS/c11-9-10(12,7-13-9)6-8-4-2-1-3-5-8/h1-5,9H,6-7H2. The normalized spacial score (nSPS) is 32.6. The van der Waals surface area contributed by atoms with Crippen LogP contribution in [0.15, 0.2) is 30.3 Å². The SMILES string of the molecule is FC1(Cc2ccccc2)CSC1Cl. The van der Waals surface area contributed by atoms with E-state index in [-0.39, 0.29) is 4.71 Å². The summed E-state index contributed by atoms with van der Waals surface area (Å²) in [5.41, 5.74) is -0.163. The molecule has 13 heavy (non-hydrogen) atoms. The molecule has 0 bridgehead atoms. The molecule has 3 heteroatoms. The van der Waals surface area contributed by atoms with Gasteiger partial charge in [-0.3, -0.25) is 0 Å². The zero-order valence-electron chi connectivity index (χ0n) is 7.04. The van der Waals surface area contributed by atoms with Crippen LogP contribution in [-0.4, -0.2) is 16.1 Å². The first-order valence-electron chi connectivity index (χ1n) is 4.19. The third-order valence-corrected chi connectivity index (χ3v) is 4.35. The van der Waals surface area contributed by atoms with Crippen molar-refractivity contribution in [3.8, 4) is 0 Å². The van der Waals surface area contributed by atoms with Gasteiger partial charge in [-0.15, -0.1) is 23.4 Å². The van der Waals surface area contributed by atoms with Crippen LogP contribution in [0.4, 0.5) is 4.39 Å². The lowest BCUT2D eigenvalue weighted by atomic mass is 9.99. The predicted octanol–water partition coefficient (Wildman–Crippen LogP) is 3.25. The van der Waals surface area contributed by atoms with E-state index in [1.54, 1.807) is 0 Å². The molecule has 0 aliphatic carbocycles. The van der Waals surface area contributed by atoms with Crippen LogP contribution in [0, 0.1) is 0 Å². The highest BCUT2D eigenvalue weighted by Gasteiger charge is 2.47. The average molecular weight is 217 g/mol. The van der Waals surface area contributed by atoms with Crippen molar-refractivity contribution >= 4 is 23.4 Å². The Kier molecular flexibility index (Phi) is 2.52. The van der Waals surface area contributed by atoms with Crippen LogP contribution in [0.1, 0.15) is 5.56 Å². The Morgan fingerprint density at radius 1 is 1.46 bits per heavy atom. The molecule has 0 nitrogen and oxygen atoms in total. The van der Waals surface area contributed by atoms with Gasteiger partial charge in [-0.05, 0) is 5.56 Å². The lowest BCUT2D eigenvalue weighted by molar-refractivity contribution is 0.200. The lowest BCUT2D eigenvalue weighted by Crippen LogP contribution is -2.46. The van der Waals surface area contributed by atoms with Crippen LogP contribution in [0.3, 0.4) is 0 Å². The maximum atomic E-state index is 13.8. The molecule has 0 aromatic heterocycles. The molecule has 1 aromatic carbocycles. The number of rotatable bonds is 2. The molecule has 0 spiro atoms. The van der Waals surface area contributed by atoms with Crippen molar-refractivity contribution in [3.05, 3.63) is 35.9 Å². The molecule has 0 N–H and O–H groups in total. The Balaban J connectivity index is 2.06. The summed E-state index contributed by atoms with van der Waals surface area (Å²) in [5.74, 6) is 0.524. The van der Waals surface area contributed by atoms with Crippen molar-refractivity contribution < 1.29 is 4.39 Å². The zero-order valence-corrected chi connectivity index (χ0v) is 8.61. The molecule has 1 fully saturated rings. The quantitative estimate of drug-likeness (QED) is 0.684. The number of hydrogen-bond acceptors (Lipinski definition) is 1. The van der Waals surface area contributed by atoms with Gasteiger partial charge in [0.1, 0.15) is 10.4 Å². The average Bonchev–Trinajstić information content (AvgIpc) is 2.17. The highest BCUT2D eigenvalue weighted by molar-refractivity contribution is 8.02. The van der Waals surface area contributed by atoms with E-state index < -0.39 is 5.67 Å². The molecule has 0 radical (unpaired) electrons. The summed E-state index contributed by atoms with van der Waals surface area (Å²) in [6.45, 7) is 0. The number of thioether (sulfide) groups is 1. The van der Waals surface area contributed by atoms with Crippen LogP contribution in [0.2, 0.25) is 0 Å². The van der Waals surface area contributed by atoms with Crippen LogP contribution < -0.4 is 0 Å². The fraction of sp³-hybridized carbons (Fsp3) is 0.400. The van der Waals surface area contributed by atoms with Gasteiger partial charge >= 0.3 is 0 Å². The Labute approximate surface area is 86.5 Å². The maximum Gasteiger partial charge on any atom is 0.149 e. The van der Waals surface area contributed by atoms with E-state index in [0.717, 1.165) is 5.56 Å². The predicted molar refractivity (Wildman–Crippen MR) is 56.1 cm³/mol. The Hall–Kier alpha value is -0.210. The van der Waals surface area contributed by atoms with Gasteiger partial charge in [-0.2, -0.15) is 0 Å². The van der Waals surface area contributed by atoms with Gasteiger partial charge in [-0.1, -0.05) is 30.3 Å². The summed E-state index contributed by atoms with van der Waals surface area (Å²) < 4.78 is 13.5. The van der Waals surface area contributed by atoms with Crippen molar-refractivity contribution in [1.29, 1.82) is 0 Å². The maximum absolute atomic E-state index is 13.8. The minimum Gasteiger partial charge on any atom is -0.240 e. The van der Waals surface area contributed by atoms with Gasteiger partial charge in [0.25, 0.3) is 0 Å². The van der Waals surface area contributed by atoms with Crippen LogP contribution in [0.5, 0.6) is 0 Å². The van der Waals surface area contributed by atoms with Crippen molar-refractivity contribution in [2.75, 3.05) is 5.75 Å². The molecule has 70 valence electrons. The summed E-state index contributed by atoms with van der Waals surface area (Å²) >= 11 is 7.27. The second-order valence-corrected chi connectivity index (χ2v) is 5.11. The second-order valence-electron chi connectivity index (χ2n) is 3.32. The molecule has 1 aromatic rings. The Morgan fingerprint density at radius 2 is 2.15 bits per heavy atom. The number of alkyl halides is 2. The minimum absolute atomic E-state index is 0.368. The molecule has 2 atom stereocenters. The third-order valence-electron chi connectivity index (χ3n) is 2.22. The molecule has 2 unspecified atom stereocenters. The number of hydrogen-bond donors (Lipinski definition) is 0. The highest BCUT2D eigenvalue weighted by Crippen LogP contribution is 2.45. The van der Waals surface area contributed by atoms with Gasteiger partial charge in [0.05, 0.1) is 0 Å². The summed E-state index contributed by atoms with van der Waals surface area (Å²) in [4.78, 5) is 0. The topological polar surface area (TPSA) is 0 Å². The van der Waals surface area contributed by atoms with Gasteiger partial charge in [0.15, 0.2) is 0 Å². The van der Waals surface area contributed by atoms with Crippen molar-refractivity contribution in [2.45, 2.75) is 16.8 Å². The van der Waals surface area contributed by atoms with Crippen molar-refractivity contribution in [1.82, 2.24) is 0 Å². The van der Waals surface area contributed by atoms with E-state index in [1.165, 1.54) is 11.8 Å². The van der Waals surface area contributed by atoms with Gasteiger partial charge in [-0.25, -0.2) is 4.39 Å². The van der Waals surface area contributed by atoms with Crippen molar-refractivity contribution in [2.24, 2.45) is 0 Å². The first-order valence-corrected chi connectivity index (χ1v) is 5.68. The largest absolute Gasteiger partial charge is 0.240 e. The Bertz CT molecular complexity index is 290. The van der Waals surface area contributed by atoms with Crippen LogP contribution in [-0.2, 0) is 6.42 Å². The van der Waals surface area contributed by atoms with Crippen LogP contribution >= 0.6 is 23.4 Å². The molecule has 0 amide bonds. The Morgan fingerprint density at radius 3 is 2.62 bits per heavy atom. The molecule has 0 saturated carbocycles. The van der Waals surface area contributed by atoms with Gasteiger partial charge in [0, 0.05) is 12.2 Å². The molecule has 1 heterocycles. The molecule has 1 saturated heterocycles. The summed E-state index contributed by atoms with van der Waals surface area (Å²) in [6.07, 6.45) is 0.439. The minimum atomic E-state index is -1.19. The van der Waals surface area contributed by atoms with E-state index in [4.69, 9.17) is 11.6 Å². The van der Waals surface area contributed by atoms with E-state index in [9.17, 15) is 4.39 Å². The van der Waals surface area contributed by atoms with E-state index in [2.05, 4.69) is 0 Å². The summed E-state index contributed by atoms with van der Waals surface area (Å²) in [6, 6.07) is 9.66. The smallest absolute Gasteiger partial charge is 0.149 e. The molecular weight excluding hydrogens is 207 g/mol. The van der Waals surface area contributed by atoms with Gasteiger partial charge in [0.2, 0.25) is 0 Å². The summed E-state index contributed by atoms with van der Waals surface area (Å²) in [7, 11) is 0. The van der Waals surface area contributed by atoms with E-state index >= 15 is 0 Å². The van der Waals surface area contributed by atoms with E-state index in [0.29, 0.717) is 12.2 Å². The molecular formula is C10H10ClFS. The van der Waals surface area contributed by atoms with Crippen molar-refractivity contribution in [3.63, 3.8) is 0 Å². The second kappa shape index (κ2) is 3.50. The zero-order chi connectivity index (χ0) is 9.31. The molecule has 2 rings (SSSR count). The third kappa shape index (κ3) is 1.84. The van der Waals surface area contributed by atoms with Gasteiger partial charge < -0.3 is 0 Å². The fourth-order valence-corrected chi connectivity index (χ4v) is 2.69. The van der Waals surface area contributed by atoms with E-state index in [1.807, 2.05) is 30.3 Å². The first-order chi connectivity index (χ1) is 6.21.